The molecular weight excluding hydrogens is 486 g/mol. The molecule has 2 aromatic rings. The van der Waals surface area contributed by atoms with Crippen LogP contribution in [0.3, 0.4) is 0 Å². The smallest absolute Gasteiger partial charge is 0.306 e. The molecule has 1 aliphatic heterocycles. The number of unbranched alkanes of at least 4 members (excludes halogenated alkanes) is 1. The molecule has 1 saturated heterocycles. The van der Waals surface area contributed by atoms with E-state index in [1.165, 1.54) is 18.9 Å². The summed E-state index contributed by atoms with van der Waals surface area (Å²) in [5.74, 6) is -2.25. The Morgan fingerprint density at radius 3 is 2.75 bits per heavy atom. The van der Waals surface area contributed by atoms with E-state index in [0.717, 1.165) is 31.2 Å². The zero-order chi connectivity index (χ0) is 26.3. The van der Waals surface area contributed by atoms with E-state index < -0.39 is 18.6 Å². The van der Waals surface area contributed by atoms with Gasteiger partial charge >= 0.3 is 5.97 Å². The number of anilines is 1. The van der Waals surface area contributed by atoms with Crippen LogP contribution in [-0.2, 0) is 14.3 Å². The third-order valence-electron chi connectivity index (χ3n) is 6.81. The van der Waals surface area contributed by atoms with Crippen molar-refractivity contribution in [1.82, 2.24) is 14.5 Å². The summed E-state index contributed by atoms with van der Waals surface area (Å²) >= 11 is 1.38. The lowest BCUT2D eigenvalue weighted by molar-refractivity contribution is -0.144. The summed E-state index contributed by atoms with van der Waals surface area (Å²) in [6, 6.07) is 0.124. The molecule has 0 amide bonds. The summed E-state index contributed by atoms with van der Waals surface area (Å²) in [5, 5.41) is 0.519. The number of esters is 1. The number of carbonyl (C=O) groups excluding carboxylic acids is 1. The third-order valence-corrected chi connectivity index (χ3v) is 7.67. The van der Waals surface area contributed by atoms with E-state index in [1.54, 1.807) is 11.1 Å². The van der Waals surface area contributed by atoms with E-state index in [4.69, 9.17) is 14.5 Å². The number of rotatable bonds is 13. The number of carbonyl (C=O) groups is 1. The Labute approximate surface area is 217 Å². The van der Waals surface area contributed by atoms with Crippen LogP contribution in [0.25, 0.3) is 11.0 Å². The lowest BCUT2D eigenvalue weighted by Gasteiger charge is -2.38. The van der Waals surface area contributed by atoms with Gasteiger partial charge in [0.2, 0.25) is 0 Å². The number of fused-ring (bicyclic) bond motifs is 1. The molecule has 0 saturated carbocycles. The quantitative estimate of drug-likeness (QED) is 0.177. The van der Waals surface area contributed by atoms with Crippen LogP contribution < -0.4 is 4.90 Å². The highest BCUT2D eigenvalue weighted by atomic mass is 32.2. The van der Waals surface area contributed by atoms with Crippen molar-refractivity contribution >= 4 is 34.5 Å². The van der Waals surface area contributed by atoms with Gasteiger partial charge < -0.3 is 18.9 Å². The molecular formula is C26H40F2N4O3S. The van der Waals surface area contributed by atoms with Gasteiger partial charge in [-0.1, -0.05) is 44.9 Å². The lowest BCUT2D eigenvalue weighted by Crippen LogP contribution is -2.52. The molecule has 3 heterocycles. The second kappa shape index (κ2) is 13.0. The SMILES string of the molecule is CCCCC(CC)COC(=O)CCSc1ncc2c(n1)c(N1CCC(OC)C(F)(F)C1)cn2C(C)C. The van der Waals surface area contributed by atoms with Gasteiger partial charge in [-0.25, -0.2) is 18.7 Å². The van der Waals surface area contributed by atoms with Gasteiger partial charge in [-0.2, -0.15) is 0 Å². The third kappa shape index (κ3) is 7.09. The van der Waals surface area contributed by atoms with Gasteiger partial charge in [0.25, 0.3) is 5.92 Å². The molecule has 2 atom stereocenters. The Morgan fingerprint density at radius 2 is 2.11 bits per heavy atom. The molecule has 10 heteroatoms. The highest BCUT2D eigenvalue weighted by molar-refractivity contribution is 7.99. The molecule has 7 nitrogen and oxygen atoms in total. The fourth-order valence-electron chi connectivity index (χ4n) is 4.55. The van der Waals surface area contributed by atoms with Crippen LogP contribution in [0.2, 0.25) is 0 Å². The van der Waals surface area contributed by atoms with E-state index in [0.29, 0.717) is 41.2 Å². The summed E-state index contributed by atoms with van der Waals surface area (Å²) < 4.78 is 41.8. The topological polar surface area (TPSA) is 69.5 Å². The molecule has 202 valence electrons. The Balaban J connectivity index is 1.67. The number of methoxy groups -OCH3 is 1. The molecule has 2 aromatic heterocycles. The van der Waals surface area contributed by atoms with Gasteiger partial charge in [-0.15, -0.1) is 0 Å². The molecule has 0 N–H and O–H groups in total. The number of halogens is 2. The largest absolute Gasteiger partial charge is 0.465 e. The number of nitrogens with zero attached hydrogens (tertiary/aromatic N) is 4. The Kier molecular flexibility index (Phi) is 10.4. The van der Waals surface area contributed by atoms with Crippen LogP contribution in [0, 0.1) is 5.92 Å². The maximum atomic E-state index is 14.6. The number of thioether (sulfide) groups is 1. The molecule has 0 bridgehead atoms. The average molecular weight is 527 g/mol. The first-order chi connectivity index (χ1) is 17.2. The van der Waals surface area contributed by atoms with Gasteiger partial charge in [0.05, 0.1) is 37.0 Å². The second-order valence-electron chi connectivity index (χ2n) is 9.80. The van der Waals surface area contributed by atoms with Crippen LogP contribution in [0.15, 0.2) is 17.6 Å². The first-order valence-corrected chi connectivity index (χ1v) is 14.0. The Morgan fingerprint density at radius 1 is 1.33 bits per heavy atom. The Hall–Kier alpha value is -1.94. The van der Waals surface area contributed by atoms with Crippen molar-refractivity contribution in [1.29, 1.82) is 0 Å². The van der Waals surface area contributed by atoms with Gasteiger partial charge in [-0.05, 0) is 32.6 Å². The van der Waals surface area contributed by atoms with E-state index in [2.05, 4.69) is 18.8 Å². The van der Waals surface area contributed by atoms with Crippen molar-refractivity contribution < 1.29 is 23.0 Å². The standard InChI is InChI=1S/C26H40F2N4O3S/c1-6-8-9-19(7-2)16-35-23(33)11-13-36-25-29-14-20-24(30-25)21(15-32(20)18(3)4)31-12-10-22(34-5)26(27,28)17-31/h14-15,18-19,22H,6-13,16-17H2,1-5H3. The van der Waals surface area contributed by atoms with E-state index >= 15 is 0 Å². The minimum Gasteiger partial charge on any atom is -0.465 e. The highest BCUT2D eigenvalue weighted by Crippen LogP contribution is 2.37. The predicted octanol–water partition coefficient (Wildman–Crippen LogP) is 6.11. The van der Waals surface area contributed by atoms with Crippen LogP contribution >= 0.6 is 11.8 Å². The molecule has 0 aromatic carbocycles. The fraction of sp³-hybridized carbons (Fsp3) is 0.731. The first kappa shape index (κ1) is 28.6. The number of hydrogen-bond acceptors (Lipinski definition) is 7. The van der Waals surface area contributed by atoms with Crippen LogP contribution in [0.5, 0.6) is 0 Å². The zero-order valence-corrected chi connectivity index (χ0v) is 23.0. The maximum absolute atomic E-state index is 14.6. The number of alkyl halides is 2. The van der Waals surface area contributed by atoms with Gasteiger partial charge in [0, 0.05) is 31.6 Å². The van der Waals surface area contributed by atoms with Crippen molar-refractivity contribution in [3.63, 3.8) is 0 Å². The minimum absolute atomic E-state index is 0.124. The molecule has 1 fully saturated rings. The summed E-state index contributed by atoms with van der Waals surface area (Å²) in [5.41, 5.74) is 2.13. The summed E-state index contributed by atoms with van der Waals surface area (Å²) in [7, 11) is 1.33. The lowest BCUT2D eigenvalue weighted by atomic mass is 10.0. The van der Waals surface area contributed by atoms with E-state index in [9.17, 15) is 13.6 Å². The van der Waals surface area contributed by atoms with Crippen molar-refractivity contribution in [2.45, 2.75) is 89.4 Å². The first-order valence-electron chi connectivity index (χ1n) is 13.0. The molecule has 0 aliphatic carbocycles. The number of aromatic nitrogens is 3. The summed E-state index contributed by atoms with van der Waals surface area (Å²) in [6.07, 6.45) is 7.44. The second-order valence-corrected chi connectivity index (χ2v) is 10.9. The van der Waals surface area contributed by atoms with Gasteiger partial charge in [-0.3, -0.25) is 4.79 Å². The van der Waals surface area contributed by atoms with Crippen LogP contribution in [0.4, 0.5) is 14.5 Å². The predicted molar refractivity (Wildman–Crippen MR) is 140 cm³/mol. The fourth-order valence-corrected chi connectivity index (χ4v) is 5.28. The van der Waals surface area contributed by atoms with Crippen molar-refractivity contribution in [2.75, 3.05) is 37.5 Å². The molecule has 0 spiro atoms. The average Bonchev–Trinajstić information content (AvgIpc) is 3.23. The highest BCUT2D eigenvalue weighted by Gasteiger charge is 2.45. The number of ether oxygens (including phenoxy) is 2. The number of piperidine rings is 1. The minimum atomic E-state index is -2.95. The molecule has 36 heavy (non-hydrogen) atoms. The van der Waals surface area contributed by atoms with Crippen molar-refractivity contribution in [2.24, 2.45) is 5.92 Å². The molecule has 3 rings (SSSR count). The molecule has 1 aliphatic rings. The van der Waals surface area contributed by atoms with Crippen LogP contribution in [-0.4, -0.2) is 65.1 Å². The van der Waals surface area contributed by atoms with Crippen molar-refractivity contribution in [3.05, 3.63) is 12.4 Å². The van der Waals surface area contributed by atoms with Crippen LogP contribution in [0.1, 0.15) is 72.3 Å². The zero-order valence-electron chi connectivity index (χ0n) is 22.1. The summed E-state index contributed by atoms with van der Waals surface area (Å²) in [4.78, 5) is 23.1. The molecule has 2 unspecified atom stereocenters. The normalized spacial score (nSPS) is 18.7. The maximum Gasteiger partial charge on any atom is 0.306 e. The Bertz CT molecular complexity index is 1000. The van der Waals surface area contributed by atoms with Gasteiger partial charge in [0.15, 0.2) is 5.16 Å². The van der Waals surface area contributed by atoms with E-state index in [-0.39, 0.29) is 24.9 Å². The monoisotopic (exact) mass is 526 g/mol. The van der Waals surface area contributed by atoms with E-state index in [1.807, 2.05) is 24.6 Å². The summed E-state index contributed by atoms with van der Waals surface area (Å²) in [6.45, 7) is 8.87. The van der Waals surface area contributed by atoms with Gasteiger partial charge in [0.1, 0.15) is 11.6 Å². The van der Waals surface area contributed by atoms with Crippen molar-refractivity contribution in [3.8, 4) is 0 Å². The molecule has 0 radical (unpaired) electrons. The number of hydrogen-bond donors (Lipinski definition) is 0.